The third-order valence-corrected chi connectivity index (χ3v) is 4.12. The SMILES string of the molecule is Cc1nn(C)c(C)c1OCC(=O)N1CC[C@@](C)(C(=O)O)C1. The van der Waals surface area contributed by atoms with Gasteiger partial charge in [-0.2, -0.15) is 5.10 Å². The quantitative estimate of drug-likeness (QED) is 0.885. The summed E-state index contributed by atoms with van der Waals surface area (Å²) in [6, 6.07) is 0. The molecule has 2 rings (SSSR count). The number of aromatic nitrogens is 2. The van der Waals surface area contributed by atoms with Crippen LogP contribution in [-0.4, -0.2) is 51.4 Å². The van der Waals surface area contributed by atoms with Crippen molar-refractivity contribution in [2.45, 2.75) is 27.2 Å². The van der Waals surface area contributed by atoms with Crippen LogP contribution >= 0.6 is 0 Å². The van der Waals surface area contributed by atoms with Gasteiger partial charge in [0.2, 0.25) is 0 Å². The summed E-state index contributed by atoms with van der Waals surface area (Å²) in [5.41, 5.74) is 0.743. The normalized spacial score (nSPS) is 21.6. The van der Waals surface area contributed by atoms with Crippen LogP contribution in [-0.2, 0) is 16.6 Å². The number of rotatable bonds is 4. The molecular weight excluding hydrogens is 274 g/mol. The maximum atomic E-state index is 12.1. The molecule has 0 radical (unpaired) electrons. The van der Waals surface area contributed by atoms with Crippen LogP contribution in [0.3, 0.4) is 0 Å². The fourth-order valence-corrected chi connectivity index (χ4v) is 2.54. The predicted molar refractivity (Wildman–Crippen MR) is 75.1 cm³/mol. The molecule has 0 saturated carbocycles. The number of carbonyl (C=O) groups is 2. The Labute approximate surface area is 123 Å². The molecule has 1 aromatic rings. The van der Waals surface area contributed by atoms with E-state index in [2.05, 4.69) is 5.10 Å². The predicted octanol–water partition coefficient (Wildman–Crippen LogP) is 0.739. The highest BCUT2D eigenvalue weighted by Crippen LogP contribution is 2.30. The highest BCUT2D eigenvalue weighted by molar-refractivity contribution is 5.81. The van der Waals surface area contributed by atoms with Gasteiger partial charge in [-0.15, -0.1) is 0 Å². The third-order valence-electron chi connectivity index (χ3n) is 4.12. The van der Waals surface area contributed by atoms with Crippen molar-refractivity contribution in [3.63, 3.8) is 0 Å². The summed E-state index contributed by atoms with van der Waals surface area (Å²) in [7, 11) is 1.82. The van der Waals surface area contributed by atoms with Gasteiger partial charge >= 0.3 is 5.97 Å². The van der Waals surface area contributed by atoms with Crippen LogP contribution in [0.15, 0.2) is 0 Å². The zero-order chi connectivity index (χ0) is 15.8. The zero-order valence-corrected chi connectivity index (χ0v) is 12.8. The van der Waals surface area contributed by atoms with Crippen molar-refractivity contribution in [3.05, 3.63) is 11.4 Å². The average Bonchev–Trinajstić information content (AvgIpc) is 2.91. The van der Waals surface area contributed by atoms with E-state index >= 15 is 0 Å². The van der Waals surface area contributed by atoms with Crippen LogP contribution < -0.4 is 4.74 Å². The van der Waals surface area contributed by atoms with Gasteiger partial charge in [0.15, 0.2) is 12.4 Å². The standard InChI is InChI=1S/C14H21N3O4/c1-9-12(10(2)16(4)15-9)21-7-11(18)17-6-5-14(3,8-17)13(19)20/h5-8H2,1-4H3,(H,19,20)/t14-/m1/s1. The lowest BCUT2D eigenvalue weighted by molar-refractivity contribution is -0.147. The Morgan fingerprint density at radius 1 is 1.43 bits per heavy atom. The van der Waals surface area contributed by atoms with Gasteiger partial charge in [-0.3, -0.25) is 14.3 Å². The first-order chi connectivity index (χ1) is 9.74. The number of carbonyl (C=O) groups excluding carboxylic acids is 1. The van der Waals surface area contributed by atoms with E-state index in [0.29, 0.717) is 18.7 Å². The van der Waals surface area contributed by atoms with E-state index in [-0.39, 0.29) is 19.1 Å². The molecule has 1 aliphatic heterocycles. The summed E-state index contributed by atoms with van der Waals surface area (Å²) in [4.78, 5) is 24.9. The molecule has 0 unspecified atom stereocenters. The van der Waals surface area contributed by atoms with Crippen molar-refractivity contribution in [2.24, 2.45) is 12.5 Å². The van der Waals surface area contributed by atoms with E-state index in [0.717, 1.165) is 11.4 Å². The first kappa shape index (κ1) is 15.3. The Kier molecular flexibility index (Phi) is 3.93. The van der Waals surface area contributed by atoms with Crippen LogP contribution in [0.2, 0.25) is 0 Å². The lowest BCUT2D eigenvalue weighted by atomic mass is 9.90. The van der Waals surface area contributed by atoms with E-state index in [9.17, 15) is 14.7 Å². The van der Waals surface area contributed by atoms with Crippen molar-refractivity contribution in [2.75, 3.05) is 19.7 Å². The van der Waals surface area contributed by atoms with Crippen LogP contribution in [0.25, 0.3) is 0 Å². The number of carboxylic acid groups (broad SMARTS) is 1. The molecule has 0 aromatic carbocycles. The molecular formula is C14H21N3O4. The third kappa shape index (κ3) is 2.86. The lowest BCUT2D eigenvalue weighted by Gasteiger charge is -2.20. The van der Waals surface area contributed by atoms with Gasteiger partial charge in [-0.25, -0.2) is 0 Å². The van der Waals surface area contributed by atoms with Gasteiger partial charge < -0.3 is 14.7 Å². The Balaban J connectivity index is 1.96. The molecule has 21 heavy (non-hydrogen) atoms. The molecule has 0 spiro atoms. The summed E-state index contributed by atoms with van der Waals surface area (Å²) in [5, 5.41) is 13.4. The van der Waals surface area contributed by atoms with Crippen molar-refractivity contribution in [3.8, 4) is 5.75 Å². The molecule has 1 fully saturated rings. The van der Waals surface area contributed by atoms with E-state index in [1.165, 1.54) is 0 Å². The van der Waals surface area contributed by atoms with Crippen molar-refractivity contribution >= 4 is 11.9 Å². The zero-order valence-electron chi connectivity index (χ0n) is 12.8. The number of hydrogen-bond donors (Lipinski definition) is 1. The first-order valence-corrected chi connectivity index (χ1v) is 6.89. The van der Waals surface area contributed by atoms with Gasteiger partial charge in [0.05, 0.1) is 11.1 Å². The minimum atomic E-state index is -0.863. The number of ether oxygens (including phenoxy) is 1. The fourth-order valence-electron chi connectivity index (χ4n) is 2.54. The van der Waals surface area contributed by atoms with Crippen LogP contribution in [0, 0.1) is 19.3 Å². The summed E-state index contributed by atoms with van der Waals surface area (Å²) in [6.07, 6.45) is 0.471. The number of nitrogens with zero attached hydrogens (tertiary/aromatic N) is 3. The minimum Gasteiger partial charge on any atom is -0.481 e. The molecule has 1 aliphatic rings. The van der Waals surface area contributed by atoms with Crippen molar-refractivity contribution in [1.82, 2.24) is 14.7 Å². The Morgan fingerprint density at radius 3 is 2.57 bits per heavy atom. The molecule has 1 atom stereocenters. The average molecular weight is 295 g/mol. The van der Waals surface area contributed by atoms with Crippen LogP contribution in [0.1, 0.15) is 24.7 Å². The topological polar surface area (TPSA) is 84.7 Å². The largest absolute Gasteiger partial charge is 0.481 e. The Morgan fingerprint density at radius 2 is 2.10 bits per heavy atom. The van der Waals surface area contributed by atoms with Crippen LogP contribution in [0.4, 0.5) is 0 Å². The second-order valence-electron chi connectivity index (χ2n) is 5.84. The van der Waals surface area contributed by atoms with Gasteiger partial charge in [0.25, 0.3) is 5.91 Å². The fraction of sp³-hybridized carbons (Fsp3) is 0.643. The number of aryl methyl sites for hydroxylation is 2. The summed E-state index contributed by atoms with van der Waals surface area (Å²) in [5.74, 6) is -0.439. The van der Waals surface area contributed by atoms with Gasteiger partial charge in [0, 0.05) is 20.1 Å². The lowest BCUT2D eigenvalue weighted by Crippen LogP contribution is -2.37. The van der Waals surface area contributed by atoms with E-state index < -0.39 is 11.4 Å². The van der Waals surface area contributed by atoms with Crippen molar-refractivity contribution in [1.29, 1.82) is 0 Å². The van der Waals surface area contributed by atoms with Gasteiger partial charge in [-0.1, -0.05) is 0 Å². The maximum absolute atomic E-state index is 12.1. The van der Waals surface area contributed by atoms with E-state index in [1.807, 2.05) is 20.9 Å². The summed E-state index contributed by atoms with van der Waals surface area (Å²) >= 11 is 0. The molecule has 0 aliphatic carbocycles. The summed E-state index contributed by atoms with van der Waals surface area (Å²) < 4.78 is 7.27. The first-order valence-electron chi connectivity index (χ1n) is 6.89. The second kappa shape index (κ2) is 5.38. The molecule has 1 aromatic heterocycles. The van der Waals surface area contributed by atoms with Crippen LogP contribution in [0.5, 0.6) is 5.75 Å². The number of hydrogen-bond acceptors (Lipinski definition) is 4. The molecule has 1 N–H and O–H groups in total. The highest BCUT2D eigenvalue weighted by atomic mass is 16.5. The molecule has 7 heteroatoms. The Hall–Kier alpha value is -2.05. The minimum absolute atomic E-state index is 0.0942. The molecule has 0 bridgehead atoms. The van der Waals surface area contributed by atoms with Gasteiger partial charge in [-0.05, 0) is 27.2 Å². The molecule has 116 valence electrons. The van der Waals surface area contributed by atoms with Gasteiger partial charge in [0.1, 0.15) is 5.69 Å². The van der Waals surface area contributed by atoms with E-state index in [4.69, 9.17) is 4.74 Å². The smallest absolute Gasteiger partial charge is 0.311 e. The van der Waals surface area contributed by atoms with Crippen molar-refractivity contribution < 1.29 is 19.4 Å². The molecule has 1 amide bonds. The number of carboxylic acids is 1. The second-order valence-corrected chi connectivity index (χ2v) is 5.84. The highest BCUT2D eigenvalue weighted by Gasteiger charge is 2.42. The molecule has 2 heterocycles. The monoisotopic (exact) mass is 295 g/mol. The maximum Gasteiger partial charge on any atom is 0.311 e. The number of likely N-dealkylation sites (tertiary alicyclic amines) is 1. The Bertz CT molecular complexity index is 581. The summed E-state index contributed by atoms with van der Waals surface area (Å²) in [6.45, 7) is 5.95. The molecule has 7 nitrogen and oxygen atoms in total. The molecule has 1 saturated heterocycles. The number of aliphatic carboxylic acids is 1. The van der Waals surface area contributed by atoms with E-state index in [1.54, 1.807) is 16.5 Å². The number of amides is 1.